The quantitative estimate of drug-likeness (QED) is 0.0848. The van der Waals surface area contributed by atoms with Crippen molar-refractivity contribution in [3.8, 4) is 17.1 Å². The molecule has 0 fully saturated rings. The first-order chi connectivity index (χ1) is 46.8. The van der Waals surface area contributed by atoms with Crippen molar-refractivity contribution in [2.24, 2.45) is 0 Å². The number of fused-ring (bicyclic) bond motifs is 13. The Morgan fingerprint density at radius 2 is 0.552 bits per heavy atom. The summed E-state index contributed by atoms with van der Waals surface area (Å²) in [5, 5.41) is 7.59. The number of nitrogens with zero attached hydrogens (tertiary/aromatic N) is 5. The molecular formula is C90H90BN5. The van der Waals surface area contributed by atoms with Crippen LogP contribution in [0, 0.1) is 0 Å². The molecule has 0 spiro atoms. The van der Waals surface area contributed by atoms with E-state index in [2.05, 4.69) is 311 Å². The summed E-state index contributed by atoms with van der Waals surface area (Å²) in [5.41, 5.74) is 30.9. The van der Waals surface area contributed by atoms with Gasteiger partial charge in [0, 0.05) is 66.4 Å². The van der Waals surface area contributed by atoms with E-state index in [0.29, 0.717) is 0 Å². The molecule has 0 saturated heterocycles. The fraction of sp³-hybridized carbons (Fsp3) is 0.267. The average Bonchev–Trinajstić information content (AvgIpc) is 0.848. The highest BCUT2D eigenvalue weighted by Crippen LogP contribution is 2.52. The van der Waals surface area contributed by atoms with E-state index in [1.54, 1.807) is 0 Å². The first kappa shape index (κ1) is 61.4. The second kappa shape index (κ2) is 24.3. The van der Waals surface area contributed by atoms with Gasteiger partial charge in [-0.15, -0.1) is 0 Å². The van der Waals surface area contributed by atoms with Crippen molar-refractivity contribution in [2.75, 3.05) is 9.80 Å². The summed E-state index contributed by atoms with van der Waals surface area (Å²) >= 11 is 0. The van der Waals surface area contributed by atoms with E-state index in [4.69, 9.17) is 0 Å². The van der Waals surface area contributed by atoms with Gasteiger partial charge in [0.25, 0.3) is 6.71 Å². The van der Waals surface area contributed by atoms with Crippen LogP contribution in [0.3, 0.4) is 0 Å². The van der Waals surface area contributed by atoms with Gasteiger partial charge in [-0.1, -0.05) is 241 Å². The summed E-state index contributed by atoms with van der Waals surface area (Å²) in [4.78, 5) is 5.69. The normalized spacial score (nSPS) is 13.1. The van der Waals surface area contributed by atoms with E-state index in [1.165, 1.54) is 149 Å². The van der Waals surface area contributed by atoms with Gasteiger partial charge in [0.1, 0.15) is 0 Å². The number of aryl methyl sites for hydroxylation is 4. The molecule has 0 aliphatic carbocycles. The number of rotatable bonds is 17. The predicted octanol–water partition coefficient (Wildman–Crippen LogP) is 23.0. The van der Waals surface area contributed by atoms with E-state index < -0.39 is 0 Å². The van der Waals surface area contributed by atoms with Crippen LogP contribution in [0.1, 0.15) is 154 Å². The van der Waals surface area contributed by atoms with Gasteiger partial charge in [-0.25, -0.2) is 0 Å². The zero-order valence-corrected chi connectivity index (χ0v) is 58.1. The average molecular weight is 1250 g/mol. The lowest BCUT2D eigenvalue weighted by molar-refractivity contribution is 0.587. The molecule has 0 bridgehead atoms. The minimum Gasteiger partial charge on any atom is -0.311 e. The molecule has 16 rings (SSSR count). The second-order valence-electron chi connectivity index (χ2n) is 29.8. The molecule has 0 amide bonds. The van der Waals surface area contributed by atoms with E-state index >= 15 is 0 Å². The Kier molecular flexibility index (Phi) is 15.5. The summed E-state index contributed by atoms with van der Waals surface area (Å²) in [6.07, 6.45) is 12.7. The van der Waals surface area contributed by atoms with Gasteiger partial charge in [0.05, 0.1) is 50.2 Å². The lowest BCUT2D eigenvalue weighted by atomic mass is 9.33. The number of unbranched alkanes of at least 4 members (excludes halogenated alkanes) is 4. The maximum absolute atomic E-state index is 2.84. The van der Waals surface area contributed by atoms with Gasteiger partial charge < -0.3 is 23.5 Å². The van der Waals surface area contributed by atoms with Crippen molar-refractivity contribution in [1.82, 2.24) is 13.7 Å². The number of benzene rings is 11. The van der Waals surface area contributed by atoms with E-state index in [1.807, 2.05) is 0 Å². The third-order valence-corrected chi connectivity index (χ3v) is 21.5. The van der Waals surface area contributed by atoms with Crippen LogP contribution in [0.2, 0.25) is 0 Å². The maximum Gasteiger partial charge on any atom is 0.252 e. The summed E-state index contributed by atoms with van der Waals surface area (Å²) in [6, 6.07) is 85.4. The molecule has 0 radical (unpaired) electrons. The van der Waals surface area contributed by atoms with Crippen LogP contribution in [0.15, 0.2) is 218 Å². The zero-order valence-electron chi connectivity index (χ0n) is 58.1. The summed E-state index contributed by atoms with van der Waals surface area (Å²) < 4.78 is 7.70. The Balaban J connectivity index is 1.11. The Hall–Kier alpha value is -9.52. The van der Waals surface area contributed by atoms with Crippen molar-refractivity contribution in [2.45, 2.75) is 157 Å². The second-order valence-corrected chi connectivity index (χ2v) is 29.8. The Morgan fingerprint density at radius 1 is 0.292 bits per heavy atom. The Labute approximate surface area is 568 Å². The molecule has 6 heteroatoms. The molecular weight excluding hydrogens is 1160 g/mol. The van der Waals surface area contributed by atoms with Crippen LogP contribution in [0.4, 0.5) is 34.1 Å². The number of aromatic nitrogens is 3. The summed E-state index contributed by atoms with van der Waals surface area (Å²) in [7, 11) is 0. The predicted molar refractivity (Wildman–Crippen MR) is 415 cm³/mol. The van der Waals surface area contributed by atoms with Gasteiger partial charge in [-0.3, -0.25) is 0 Å². The van der Waals surface area contributed by atoms with Gasteiger partial charge in [0.15, 0.2) is 0 Å². The highest BCUT2D eigenvalue weighted by Gasteiger charge is 2.46. The topological polar surface area (TPSA) is 21.3 Å². The highest BCUT2D eigenvalue weighted by atomic mass is 15.2. The Morgan fingerprint density at radius 3 is 0.823 bits per heavy atom. The molecule has 3 aromatic heterocycles. The molecule has 0 atom stereocenters. The molecule has 96 heavy (non-hydrogen) atoms. The van der Waals surface area contributed by atoms with Crippen LogP contribution in [-0.2, 0) is 36.5 Å². The largest absolute Gasteiger partial charge is 0.311 e. The maximum atomic E-state index is 2.84. The van der Waals surface area contributed by atoms with Crippen molar-refractivity contribution >= 4 is 123 Å². The summed E-state index contributed by atoms with van der Waals surface area (Å²) in [6.45, 7) is 23.8. The van der Waals surface area contributed by atoms with Crippen molar-refractivity contribution in [1.29, 1.82) is 0 Å². The monoisotopic (exact) mass is 1250 g/mol. The molecule has 5 nitrogen and oxygen atoms in total. The third-order valence-electron chi connectivity index (χ3n) is 21.5. The minimum absolute atomic E-state index is 0.0551. The smallest absolute Gasteiger partial charge is 0.252 e. The molecule has 2 aliphatic rings. The van der Waals surface area contributed by atoms with Crippen molar-refractivity contribution in [3.63, 3.8) is 0 Å². The van der Waals surface area contributed by atoms with E-state index in [0.717, 1.165) is 94.1 Å². The molecule has 2 aliphatic heterocycles. The van der Waals surface area contributed by atoms with Gasteiger partial charge in [-0.2, -0.15) is 0 Å². The van der Waals surface area contributed by atoms with Crippen LogP contribution in [-0.4, -0.2) is 20.4 Å². The number of hydrogen-bond donors (Lipinski definition) is 0. The Bertz CT molecular complexity index is 4870. The molecule has 478 valence electrons. The van der Waals surface area contributed by atoms with Gasteiger partial charge in [-0.05, 0) is 185 Å². The van der Waals surface area contributed by atoms with Crippen LogP contribution in [0.5, 0.6) is 0 Å². The molecule has 5 heterocycles. The van der Waals surface area contributed by atoms with Gasteiger partial charge in [0.2, 0.25) is 0 Å². The zero-order chi connectivity index (χ0) is 65.7. The molecule has 0 saturated carbocycles. The molecule has 11 aromatic carbocycles. The van der Waals surface area contributed by atoms with Crippen LogP contribution >= 0.6 is 0 Å². The fourth-order valence-electron chi connectivity index (χ4n) is 16.6. The first-order valence-corrected chi connectivity index (χ1v) is 36.1. The third kappa shape index (κ3) is 10.0. The number of para-hydroxylation sites is 6. The van der Waals surface area contributed by atoms with Crippen LogP contribution in [0.25, 0.3) is 82.5 Å². The molecule has 14 aromatic rings. The van der Waals surface area contributed by atoms with E-state index in [9.17, 15) is 0 Å². The number of hydrogen-bond acceptors (Lipinski definition) is 2. The minimum atomic E-state index is -0.141. The van der Waals surface area contributed by atoms with E-state index in [-0.39, 0.29) is 17.5 Å². The fourth-order valence-corrected chi connectivity index (χ4v) is 16.6. The molecule has 0 unspecified atom stereocenters. The van der Waals surface area contributed by atoms with Crippen molar-refractivity contribution < 1.29 is 0 Å². The lowest BCUT2D eigenvalue weighted by Gasteiger charge is -2.46. The van der Waals surface area contributed by atoms with Gasteiger partial charge >= 0.3 is 0 Å². The summed E-state index contributed by atoms with van der Waals surface area (Å²) in [5.74, 6) is 0. The lowest BCUT2D eigenvalue weighted by Crippen LogP contribution is -2.61. The standard InChI is InChI=1S/C90H90BN5/c1-11-15-31-59-51-63(89(5,6)7)52-60(32-16-12-2)87(59)95-82-55-65(92-76-41-25-19-35-68(76)69-36-20-26-42-77(69)92)47-49-74(82)91-75-50-48-66(93-78-43-27-21-37-70(78)71-38-22-28-44-79(71)93)56-83(75)96(88-61(33-17-13-3)53-64(90(8,9)10)54-62(88)34-18-14-4)85-58-67(57-84(95)86(85)91)94-80-45-29-23-39-72(80)73-40-24-30-46-81(73)94/h19-30,35-58H,11-18,31-34H2,1-10H3. The number of anilines is 6. The van der Waals surface area contributed by atoms with Crippen molar-refractivity contribution in [3.05, 3.63) is 252 Å². The van der Waals surface area contributed by atoms with Crippen LogP contribution < -0.4 is 26.2 Å². The highest BCUT2D eigenvalue weighted by molar-refractivity contribution is 7.00. The SMILES string of the molecule is CCCCc1cc(C(C)(C)C)cc(CCCC)c1N1c2cc(-n3c4ccccc4c4ccccc43)ccc2B2c3ccc(-n4c5ccccc5c5ccccc54)cc3N(c3c(CCCC)cc(C(C)(C)C)cc3CCCC)c3cc(-n4c5ccccc5c5ccccc54)cc1c32. The first-order valence-electron chi connectivity index (χ1n) is 36.1. The molecule has 0 N–H and O–H groups in total.